The monoisotopic (exact) mass is 414 g/mol. The van der Waals surface area contributed by atoms with Crippen molar-refractivity contribution < 1.29 is 9.59 Å². The Morgan fingerprint density at radius 3 is 2.29 bits per heavy atom. The predicted octanol–water partition coefficient (Wildman–Crippen LogP) is 5.01. The minimum atomic E-state index is -0.367. The zero-order valence-corrected chi connectivity index (χ0v) is 17.0. The van der Waals surface area contributed by atoms with Gasteiger partial charge in [0.15, 0.2) is 0 Å². The second-order valence-corrected chi connectivity index (χ2v) is 8.14. The third kappa shape index (κ3) is 3.31. The first-order valence-electron chi connectivity index (χ1n) is 9.36. The Kier molecular flexibility index (Phi) is 5.17. The standard InChI is InChI=1S/C22H20Cl2N2O2/c1-14-9-11-25(12-10-14)20-19(15-5-3-2-4-6-15)21(27)26(22(20)28)18-13-16(23)7-8-17(18)24/h2-8,13-14H,9-12H2,1H3. The van der Waals surface area contributed by atoms with Gasteiger partial charge in [-0.2, -0.15) is 0 Å². The summed E-state index contributed by atoms with van der Waals surface area (Å²) in [5, 5.41) is 0.730. The Bertz CT molecular complexity index is 964. The number of nitrogens with zero attached hydrogens (tertiary/aromatic N) is 2. The van der Waals surface area contributed by atoms with Gasteiger partial charge in [0.2, 0.25) is 0 Å². The highest BCUT2D eigenvalue weighted by Gasteiger charge is 2.43. The Morgan fingerprint density at radius 1 is 0.929 bits per heavy atom. The van der Waals surface area contributed by atoms with Crippen molar-refractivity contribution in [2.75, 3.05) is 18.0 Å². The zero-order valence-electron chi connectivity index (χ0n) is 15.5. The molecule has 4 rings (SSSR count). The molecule has 2 heterocycles. The van der Waals surface area contributed by atoms with E-state index in [0.717, 1.165) is 36.4 Å². The molecule has 0 aromatic heterocycles. The van der Waals surface area contributed by atoms with Gasteiger partial charge in [-0.05, 0) is 42.5 Å². The molecule has 1 saturated heterocycles. The maximum atomic E-state index is 13.4. The number of carbonyl (C=O) groups is 2. The quantitative estimate of drug-likeness (QED) is 0.662. The third-order valence-corrected chi connectivity index (χ3v) is 5.93. The topological polar surface area (TPSA) is 40.6 Å². The van der Waals surface area contributed by atoms with Crippen molar-refractivity contribution in [3.63, 3.8) is 0 Å². The summed E-state index contributed by atoms with van der Waals surface area (Å²) in [7, 11) is 0. The first-order valence-corrected chi connectivity index (χ1v) is 10.1. The number of likely N-dealkylation sites (tertiary alicyclic amines) is 1. The summed E-state index contributed by atoms with van der Waals surface area (Å²) in [6.07, 6.45) is 1.98. The number of rotatable bonds is 3. The van der Waals surface area contributed by atoms with E-state index >= 15 is 0 Å². The van der Waals surface area contributed by atoms with E-state index in [1.165, 1.54) is 0 Å². The van der Waals surface area contributed by atoms with Gasteiger partial charge in [-0.1, -0.05) is 60.5 Å². The summed E-state index contributed by atoms with van der Waals surface area (Å²) < 4.78 is 0. The van der Waals surface area contributed by atoms with E-state index in [-0.39, 0.29) is 11.8 Å². The predicted molar refractivity (Wildman–Crippen MR) is 112 cm³/mol. The number of piperidine rings is 1. The lowest BCUT2D eigenvalue weighted by atomic mass is 9.97. The number of hydrogen-bond acceptors (Lipinski definition) is 3. The highest BCUT2D eigenvalue weighted by molar-refractivity contribution is 6.47. The van der Waals surface area contributed by atoms with Crippen LogP contribution >= 0.6 is 23.2 Å². The molecule has 2 aliphatic rings. The van der Waals surface area contributed by atoms with Crippen LogP contribution in [-0.4, -0.2) is 29.8 Å². The van der Waals surface area contributed by atoms with Crippen molar-refractivity contribution in [3.05, 3.63) is 69.8 Å². The fourth-order valence-electron chi connectivity index (χ4n) is 3.78. The van der Waals surface area contributed by atoms with Crippen molar-refractivity contribution in [2.24, 2.45) is 5.92 Å². The van der Waals surface area contributed by atoms with Gasteiger partial charge >= 0.3 is 0 Å². The molecule has 0 N–H and O–H groups in total. The van der Waals surface area contributed by atoms with Crippen LogP contribution in [0.3, 0.4) is 0 Å². The molecule has 2 aromatic carbocycles. The maximum Gasteiger partial charge on any atom is 0.282 e. The number of hydrogen-bond donors (Lipinski definition) is 0. The number of amides is 2. The minimum Gasteiger partial charge on any atom is -0.366 e. The van der Waals surface area contributed by atoms with Crippen LogP contribution in [0.2, 0.25) is 10.0 Å². The van der Waals surface area contributed by atoms with Gasteiger partial charge in [-0.25, -0.2) is 4.90 Å². The molecule has 2 aliphatic heterocycles. The summed E-state index contributed by atoms with van der Waals surface area (Å²) in [4.78, 5) is 30.1. The lowest BCUT2D eigenvalue weighted by Gasteiger charge is -2.32. The molecular formula is C22H20Cl2N2O2. The van der Waals surface area contributed by atoms with Gasteiger partial charge in [-0.15, -0.1) is 0 Å². The molecule has 0 unspecified atom stereocenters. The summed E-state index contributed by atoms with van der Waals surface area (Å²) >= 11 is 12.4. The number of carbonyl (C=O) groups excluding carboxylic acids is 2. The van der Waals surface area contributed by atoms with Gasteiger partial charge < -0.3 is 4.90 Å². The average Bonchev–Trinajstić information content (AvgIpc) is 2.95. The first-order chi connectivity index (χ1) is 13.5. The molecule has 0 radical (unpaired) electrons. The van der Waals surface area contributed by atoms with Gasteiger partial charge in [0.25, 0.3) is 11.8 Å². The van der Waals surface area contributed by atoms with Crippen LogP contribution in [0.1, 0.15) is 25.3 Å². The maximum absolute atomic E-state index is 13.4. The molecule has 6 heteroatoms. The van der Waals surface area contributed by atoms with Crippen molar-refractivity contribution in [1.82, 2.24) is 4.90 Å². The Balaban J connectivity index is 1.83. The second-order valence-electron chi connectivity index (χ2n) is 7.30. The van der Waals surface area contributed by atoms with Crippen LogP contribution in [0.5, 0.6) is 0 Å². The van der Waals surface area contributed by atoms with Gasteiger partial charge in [-0.3, -0.25) is 9.59 Å². The van der Waals surface area contributed by atoms with Crippen molar-refractivity contribution in [3.8, 4) is 0 Å². The fourth-order valence-corrected chi connectivity index (χ4v) is 4.15. The Morgan fingerprint density at radius 2 is 1.61 bits per heavy atom. The lowest BCUT2D eigenvalue weighted by molar-refractivity contribution is -0.120. The van der Waals surface area contributed by atoms with Crippen LogP contribution in [-0.2, 0) is 9.59 Å². The van der Waals surface area contributed by atoms with E-state index in [1.807, 2.05) is 35.2 Å². The minimum absolute atomic E-state index is 0.312. The zero-order chi connectivity index (χ0) is 19.8. The normalized spacial score (nSPS) is 18.4. The van der Waals surface area contributed by atoms with E-state index in [1.54, 1.807) is 18.2 Å². The number of benzene rings is 2. The molecule has 4 nitrogen and oxygen atoms in total. The van der Waals surface area contributed by atoms with Crippen LogP contribution in [0.15, 0.2) is 54.2 Å². The van der Waals surface area contributed by atoms with Crippen LogP contribution < -0.4 is 4.90 Å². The molecule has 0 saturated carbocycles. The molecule has 0 bridgehead atoms. The first kappa shape index (κ1) is 19.0. The highest BCUT2D eigenvalue weighted by Crippen LogP contribution is 2.39. The van der Waals surface area contributed by atoms with Crippen LogP contribution in [0.25, 0.3) is 5.57 Å². The fraction of sp³-hybridized carbons (Fsp3) is 0.273. The van der Waals surface area contributed by atoms with E-state index in [9.17, 15) is 9.59 Å². The molecule has 1 fully saturated rings. The van der Waals surface area contributed by atoms with E-state index in [4.69, 9.17) is 23.2 Å². The van der Waals surface area contributed by atoms with Crippen LogP contribution in [0, 0.1) is 5.92 Å². The molecule has 0 aliphatic carbocycles. The molecule has 28 heavy (non-hydrogen) atoms. The SMILES string of the molecule is CC1CCN(C2=C(c3ccccc3)C(=O)N(c3cc(Cl)ccc3Cl)C2=O)CC1. The smallest absolute Gasteiger partial charge is 0.282 e. The lowest BCUT2D eigenvalue weighted by Crippen LogP contribution is -2.38. The summed E-state index contributed by atoms with van der Waals surface area (Å²) in [6, 6.07) is 14.1. The van der Waals surface area contributed by atoms with Crippen molar-refractivity contribution in [1.29, 1.82) is 0 Å². The summed E-state index contributed by atoms with van der Waals surface area (Å²) in [5.41, 5.74) is 1.93. The number of imide groups is 1. The molecule has 0 spiro atoms. The van der Waals surface area contributed by atoms with Gasteiger partial charge in [0, 0.05) is 18.1 Å². The van der Waals surface area contributed by atoms with Gasteiger partial charge in [0.1, 0.15) is 5.70 Å². The van der Waals surface area contributed by atoms with E-state index < -0.39 is 0 Å². The third-order valence-electron chi connectivity index (χ3n) is 5.37. The van der Waals surface area contributed by atoms with E-state index in [0.29, 0.717) is 32.9 Å². The van der Waals surface area contributed by atoms with Gasteiger partial charge in [0.05, 0.1) is 16.3 Å². The largest absolute Gasteiger partial charge is 0.366 e. The molecular weight excluding hydrogens is 395 g/mol. The molecule has 2 aromatic rings. The molecule has 144 valence electrons. The number of halogens is 2. The Hall–Kier alpha value is -2.30. The number of anilines is 1. The average molecular weight is 415 g/mol. The van der Waals surface area contributed by atoms with Crippen molar-refractivity contribution in [2.45, 2.75) is 19.8 Å². The van der Waals surface area contributed by atoms with Crippen LogP contribution in [0.4, 0.5) is 5.69 Å². The highest BCUT2D eigenvalue weighted by atomic mass is 35.5. The Labute approximate surface area is 174 Å². The van der Waals surface area contributed by atoms with E-state index in [2.05, 4.69) is 6.92 Å². The molecule has 0 atom stereocenters. The summed E-state index contributed by atoms with van der Waals surface area (Å²) in [5.74, 6) is -0.0979. The summed E-state index contributed by atoms with van der Waals surface area (Å²) in [6.45, 7) is 3.72. The van der Waals surface area contributed by atoms with Crippen molar-refractivity contribution >= 4 is 46.3 Å². The second kappa shape index (κ2) is 7.61. The molecule has 2 amide bonds.